The van der Waals surface area contributed by atoms with Crippen LogP contribution in [0.2, 0.25) is 0 Å². The highest BCUT2D eigenvalue weighted by Crippen LogP contribution is 2.62. The molecule has 2 aromatic rings. The van der Waals surface area contributed by atoms with E-state index in [9.17, 15) is 0 Å². The molecule has 2 bridgehead atoms. The van der Waals surface area contributed by atoms with Crippen molar-refractivity contribution >= 4 is 5.69 Å². The van der Waals surface area contributed by atoms with Crippen molar-refractivity contribution in [3.63, 3.8) is 0 Å². The molecule has 0 aromatic heterocycles. The summed E-state index contributed by atoms with van der Waals surface area (Å²) in [4.78, 5) is 2.71. The Morgan fingerprint density at radius 1 is 1.00 bits per heavy atom. The quantitative estimate of drug-likeness (QED) is 0.682. The van der Waals surface area contributed by atoms with Crippen molar-refractivity contribution in [2.45, 2.75) is 65.0 Å². The van der Waals surface area contributed by atoms with Crippen LogP contribution in [0.4, 0.5) is 5.69 Å². The normalized spacial score (nSPS) is 31.6. The molecule has 1 saturated heterocycles. The average molecular weight is 305 g/mol. The molecule has 120 valence electrons. The maximum atomic E-state index is 2.71. The van der Waals surface area contributed by atoms with E-state index in [-0.39, 0.29) is 11.0 Å². The maximum Gasteiger partial charge on any atom is 0.0641 e. The lowest BCUT2D eigenvalue weighted by molar-refractivity contribution is 0.449. The lowest BCUT2D eigenvalue weighted by atomic mass is 9.78. The smallest absolute Gasteiger partial charge is 0.0641 e. The van der Waals surface area contributed by atoms with Gasteiger partial charge >= 0.3 is 0 Å². The van der Waals surface area contributed by atoms with Gasteiger partial charge in [-0.1, -0.05) is 37.3 Å². The van der Waals surface area contributed by atoms with Crippen LogP contribution in [0, 0.1) is 20.8 Å². The molecule has 1 heterocycles. The van der Waals surface area contributed by atoms with Gasteiger partial charge < -0.3 is 4.90 Å². The van der Waals surface area contributed by atoms with Crippen LogP contribution in [0.15, 0.2) is 36.4 Å². The zero-order chi connectivity index (χ0) is 16.6. The molecule has 1 aliphatic carbocycles. The summed E-state index contributed by atoms with van der Waals surface area (Å²) >= 11 is 0. The van der Waals surface area contributed by atoms with E-state index < -0.39 is 0 Å². The topological polar surface area (TPSA) is 3.24 Å². The largest absolute Gasteiger partial charge is 0.358 e. The number of fused-ring (bicyclic) bond motifs is 5. The molecule has 0 N–H and O–H groups in total. The highest BCUT2D eigenvalue weighted by atomic mass is 15.3. The maximum absolute atomic E-state index is 2.71. The Hall–Kier alpha value is -1.76. The molecule has 2 aliphatic rings. The van der Waals surface area contributed by atoms with Gasteiger partial charge in [-0.15, -0.1) is 0 Å². The molecular formula is C22H27N. The molecular weight excluding hydrogens is 278 g/mol. The van der Waals surface area contributed by atoms with Crippen molar-refractivity contribution in [3.05, 3.63) is 64.2 Å². The van der Waals surface area contributed by atoms with E-state index in [4.69, 9.17) is 0 Å². The summed E-state index contributed by atoms with van der Waals surface area (Å²) < 4.78 is 0. The molecule has 1 heteroatoms. The average Bonchev–Trinajstić information content (AvgIpc) is 2.86. The Balaban J connectivity index is 1.97. The lowest BCUT2D eigenvalue weighted by Gasteiger charge is -2.46. The molecule has 1 nitrogen and oxygen atoms in total. The van der Waals surface area contributed by atoms with Crippen LogP contribution in [0.3, 0.4) is 0 Å². The first-order valence-electron chi connectivity index (χ1n) is 8.76. The monoisotopic (exact) mass is 305 g/mol. The Kier molecular flexibility index (Phi) is 2.84. The standard InChI is InChI=1S/C22H27N/c1-14-11-15(2)16(3)20(12-14)23-17(4)21(5)13-22(23,6)19-10-8-7-9-18(19)21/h7-12,17H,13H2,1-6H3. The minimum atomic E-state index is 0.107. The zero-order valence-corrected chi connectivity index (χ0v) is 15.2. The van der Waals surface area contributed by atoms with Crippen molar-refractivity contribution < 1.29 is 0 Å². The number of hydrogen-bond donors (Lipinski definition) is 0. The summed E-state index contributed by atoms with van der Waals surface area (Å²) in [6.45, 7) is 14.0. The first kappa shape index (κ1) is 14.8. The number of nitrogens with zero attached hydrogens (tertiary/aromatic N) is 1. The minimum Gasteiger partial charge on any atom is -0.358 e. The van der Waals surface area contributed by atoms with Gasteiger partial charge in [0.15, 0.2) is 0 Å². The SMILES string of the molecule is Cc1cc(C)c(C)c(N2C(C)C3(C)CC2(C)c2ccccc23)c1. The first-order valence-corrected chi connectivity index (χ1v) is 8.76. The second kappa shape index (κ2) is 4.41. The van der Waals surface area contributed by atoms with E-state index in [1.807, 2.05) is 0 Å². The van der Waals surface area contributed by atoms with Crippen LogP contribution < -0.4 is 4.90 Å². The number of benzene rings is 2. The molecule has 0 saturated carbocycles. The zero-order valence-electron chi connectivity index (χ0n) is 15.2. The van der Waals surface area contributed by atoms with Gasteiger partial charge in [-0.05, 0) is 74.9 Å². The van der Waals surface area contributed by atoms with Crippen molar-refractivity contribution in [2.75, 3.05) is 4.90 Å². The van der Waals surface area contributed by atoms with Crippen molar-refractivity contribution in [3.8, 4) is 0 Å². The minimum absolute atomic E-state index is 0.107. The molecule has 4 rings (SSSR count). The van der Waals surface area contributed by atoms with Crippen molar-refractivity contribution in [1.82, 2.24) is 0 Å². The van der Waals surface area contributed by atoms with Gasteiger partial charge in [-0.3, -0.25) is 0 Å². The van der Waals surface area contributed by atoms with Gasteiger partial charge in [0.1, 0.15) is 0 Å². The molecule has 1 aliphatic heterocycles. The van der Waals surface area contributed by atoms with E-state index in [0.29, 0.717) is 6.04 Å². The molecule has 3 atom stereocenters. The highest BCUT2D eigenvalue weighted by molar-refractivity contribution is 5.67. The molecule has 23 heavy (non-hydrogen) atoms. The predicted octanol–water partition coefficient (Wildman–Crippen LogP) is 5.40. The van der Waals surface area contributed by atoms with Crippen LogP contribution in [-0.2, 0) is 11.0 Å². The Morgan fingerprint density at radius 3 is 2.35 bits per heavy atom. The highest BCUT2D eigenvalue weighted by Gasteiger charge is 2.61. The molecule has 0 spiro atoms. The van der Waals surface area contributed by atoms with E-state index in [2.05, 4.69) is 82.8 Å². The Morgan fingerprint density at radius 2 is 1.65 bits per heavy atom. The fourth-order valence-corrected chi connectivity index (χ4v) is 5.40. The number of rotatable bonds is 1. The Bertz CT molecular complexity index is 806. The van der Waals surface area contributed by atoms with E-state index in [0.717, 1.165) is 0 Å². The fourth-order valence-electron chi connectivity index (χ4n) is 5.40. The van der Waals surface area contributed by atoms with E-state index >= 15 is 0 Å². The van der Waals surface area contributed by atoms with Gasteiger partial charge in [0.05, 0.1) is 5.54 Å². The van der Waals surface area contributed by atoms with Crippen LogP contribution in [0.1, 0.15) is 55.0 Å². The third-order valence-electron chi connectivity index (χ3n) is 6.72. The third kappa shape index (κ3) is 1.68. The summed E-state index contributed by atoms with van der Waals surface area (Å²) in [5.74, 6) is 0. The lowest BCUT2D eigenvalue weighted by Crippen LogP contribution is -2.49. The summed E-state index contributed by atoms with van der Waals surface area (Å²) in [6, 6.07) is 14.3. The third-order valence-corrected chi connectivity index (χ3v) is 6.72. The Labute approximate surface area is 140 Å². The summed E-state index contributed by atoms with van der Waals surface area (Å²) in [5.41, 5.74) is 9.06. The molecule has 1 fully saturated rings. The molecule has 0 amide bonds. The number of anilines is 1. The number of hydrogen-bond acceptors (Lipinski definition) is 1. The van der Waals surface area contributed by atoms with Gasteiger partial charge in [-0.25, -0.2) is 0 Å². The first-order chi connectivity index (χ1) is 10.8. The van der Waals surface area contributed by atoms with E-state index in [1.54, 1.807) is 5.56 Å². The van der Waals surface area contributed by atoms with Crippen LogP contribution in [0.25, 0.3) is 0 Å². The fraction of sp³-hybridized carbons (Fsp3) is 0.455. The van der Waals surface area contributed by atoms with Crippen LogP contribution >= 0.6 is 0 Å². The summed E-state index contributed by atoms with van der Waals surface area (Å²) in [7, 11) is 0. The second-order valence-electron chi connectivity index (χ2n) is 8.19. The van der Waals surface area contributed by atoms with Crippen molar-refractivity contribution in [2.24, 2.45) is 0 Å². The molecule has 0 radical (unpaired) electrons. The van der Waals surface area contributed by atoms with Crippen LogP contribution in [-0.4, -0.2) is 6.04 Å². The predicted molar refractivity (Wildman–Crippen MR) is 98.4 cm³/mol. The van der Waals surface area contributed by atoms with Crippen molar-refractivity contribution in [1.29, 1.82) is 0 Å². The second-order valence-corrected chi connectivity index (χ2v) is 8.19. The van der Waals surface area contributed by atoms with Gasteiger partial charge in [-0.2, -0.15) is 0 Å². The summed E-state index contributed by atoms with van der Waals surface area (Å²) in [5, 5.41) is 0. The molecule has 3 unspecified atom stereocenters. The van der Waals surface area contributed by atoms with Gasteiger partial charge in [0.25, 0.3) is 0 Å². The molecule has 2 aromatic carbocycles. The number of aryl methyl sites for hydroxylation is 2. The van der Waals surface area contributed by atoms with Crippen LogP contribution in [0.5, 0.6) is 0 Å². The van der Waals surface area contributed by atoms with Gasteiger partial charge in [0, 0.05) is 17.1 Å². The summed E-state index contributed by atoms with van der Waals surface area (Å²) in [6.07, 6.45) is 1.22. The van der Waals surface area contributed by atoms with Gasteiger partial charge in [0.2, 0.25) is 0 Å². The van der Waals surface area contributed by atoms with E-state index in [1.165, 1.54) is 34.4 Å².